The molecule has 0 bridgehead atoms. The zero-order chi connectivity index (χ0) is 14.7. The average Bonchev–Trinajstić information content (AvgIpc) is 3.15. The highest BCUT2D eigenvalue weighted by Crippen LogP contribution is 2.22. The molecule has 1 unspecified atom stereocenters. The van der Waals surface area contributed by atoms with Gasteiger partial charge in [0.1, 0.15) is 0 Å². The summed E-state index contributed by atoms with van der Waals surface area (Å²) in [7, 11) is 1.93. The van der Waals surface area contributed by atoms with Gasteiger partial charge in [-0.25, -0.2) is 4.68 Å². The number of rotatable bonds is 5. The van der Waals surface area contributed by atoms with Crippen molar-refractivity contribution >= 4 is 0 Å². The van der Waals surface area contributed by atoms with Gasteiger partial charge in [-0.3, -0.25) is 4.68 Å². The molecule has 5 nitrogen and oxygen atoms in total. The lowest BCUT2D eigenvalue weighted by molar-refractivity contribution is 0.570. The minimum absolute atomic E-state index is 0.0268. The largest absolute Gasteiger partial charge is 0.304 e. The average molecular weight is 281 g/mol. The van der Waals surface area contributed by atoms with E-state index < -0.39 is 0 Å². The van der Waals surface area contributed by atoms with Crippen LogP contribution < -0.4 is 5.32 Å². The molecule has 5 heteroatoms. The highest BCUT2D eigenvalue weighted by molar-refractivity contribution is 5.35. The van der Waals surface area contributed by atoms with E-state index in [-0.39, 0.29) is 6.04 Å². The summed E-state index contributed by atoms with van der Waals surface area (Å²) in [4.78, 5) is 0. The number of nitrogens with zero attached hydrogens (tertiary/aromatic N) is 4. The fourth-order valence-electron chi connectivity index (χ4n) is 2.47. The van der Waals surface area contributed by atoms with Crippen molar-refractivity contribution in [1.29, 1.82) is 0 Å². The number of para-hydroxylation sites is 1. The lowest BCUT2D eigenvalue weighted by atomic mass is 10.1. The van der Waals surface area contributed by atoms with Gasteiger partial charge in [-0.1, -0.05) is 25.1 Å². The molecule has 108 valence electrons. The molecule has 0 saturated carbocycles. The van der Waals surface area contributed by atoms with E-state index in [0.29, 0.717) is 0 Å². The summed E-state index contributed by atoms with van der Waals surface area (Å²) in [5.74, 6) is 0. The summed E-state index contributed by atoms with van der Waals surface area (Å²) in [5, 5.41) is 12.5. The molecule has 0 saturated heterocycles. The normalized spacial score (nSPS) is 12.5. The van der Waals surface area contributed by atoms with Crippen LogP contribution in [-0.2, 0) is 7.05 Å². The smallest absolute Gasteiger partial charge is 0.0945 e. The van der Waals surface area contributed by atoms with Crippen molar-refractivity contribution in [1.82, 2.24) is 24.9 Å². The molecule has 0 aliphatic rings. The lowest BCUT2D eigenvalue weighted by Gasteiger charge is -2.17. The van der Waals surface area contributed by atoms with Gasteiger partial charge in [0.25, 0.3) is 0 Å². The third-order valence-corrected chi connectivity index (χ3v) is 3.41. The molecule has 1 aromatic carbocycles. The number of hydrogen-bond donors (Lipinski definition) is 1. The Balaban J connectivity index is 2.03. The second-order valence-electron chi connectivity index (χ2n) is 4.91. The number of hydrogen-bond acceptors (Lipinski definition) is 3. The Labute approximate surface area is 124 Å². The third kappa shape index (κ3) is 2.73. The van der Waals surface area contributed by atoms with Crippen molar-refractivity contribution in [2.75, 3.05) is 6.54 Å². The molecule has 1 N–H and O–H groups in total. The first-order valence-corrected chi connectivity index (χ1v) is 7.12. The zero-order valence-corrected chi connectivity index (χ0v) is 12.3. The van der Waals surface area contributed by atoms with Crippen LogP contribution in [0.25, 0.3) is 5.69 Å². The van der Waals surface area contributed by atoms with Gasteiger partial charge in [0.2, 0.25) is 0 Å². The highest BCUT2D eigenvalue weighted by atomic mass is 15.3. The second kappa shape index (κ2) is 5.93. The van der Waals surface area contributed by atoms with E-state index in [1.165, 1.54) is 0 Å². The van der Waals surface area contributed by atoms with E-state index in [1.807, 2.05) is 59.1 Å². The Kier molecular flexibility index (Phi) is 3.83. The van der Waals surface area contributed by atoms with E-state index in [4.69, 9.17) is 0 Å². The predicted molar refractivity (Wildman–Crippen MR) is 82.3 cm³/mol. The molecule has 1 atom stereocenters. The van der Waals surface area contributed by atoms with Crippen LogP contribution in [0, 0.1) is 0 Å². The van der Waals surface area contributed by atoms with Gasteiger partial charge in [-0.2, -0.15) is 10.2 Å². The van der Waals surface area contributed by atoms with E-state index >= 15 is 0 Å². The first-order chi connectivity index (χ1) is 10.3. The summed E-state index contributed by atoms with van der Waals surface area (Å²) in [6, 6.07) is 14.3. The fraction of sp³-hybridized carbons (Fsp3) is 0.250. The second-order valence-corrected chi connectivity index (χ2v) is 4.91. The minimum Gasteiger partial charge on any atom is -0.304 e. The van der Waals surface area contributed by atoms with E-state index in [1.54, 1.807) is 0 Å². The Morgan fingerprint density at radius 2 is 1.95 bits per heavy atom. The molecule has 0 amide bonds. The fourth-order valence-corrected chi connectivity index (χ4v) is 2.47. The molecule has 3 rings (SSSR count). The number of benzene rings is 1. The van der Waals surface area contributed by atoms with E-state index in [9.17, 15) is 0 Å². The molecule has 0 spiro atoms. The molecule has 3 aromatic rings. The lowest BCUT2D eigenvalue weighted by Crippen LogP contribution is -2.25. The summed E-state index contributed by atoms with van der Waals surface area (Å²) >= 11 is 0. The topological polar surface area (TPSA) is 47.7 Å². The first kappa shape index (κ1) is 13.6. The quantitative estimate of drug-likeness (QED) is 0.780. The maximum absolute atomic E-state index is 4.53. The molecule has 0 aliphatic carbocycles. The van der Waals surface area contributed by atoms with E-state index in [2.05, 4.69) is 34.6 Å². The van der Waals surface area contributed by atoms with Crippen LogP contribution in [0.15, 0.2) is 54.9 Å². The van der Waals surface area contributed by atoms with Gasteiger partial charge in [-0.05, 0) is 30.8 Å². The van der Waals surface area contributed by atoms with Gasteiger partial charge in [0, 0.05) is 19.4 Å². The summed E-state index contributed by atoms with van der Waals surface area (Å²) in [6.45, 7) is 2.96. The van der Waals surface area contributed by atoms with Gasteiger partial charge < -0.3 is 5.32 Å². The Bertz CT molecular complexity index is 698. The van der Waals surface area contributed by atoms with Crippen LogP contribution in [0.3, 0.4) is 0 Å². The van der Waals surface area contributed by atoms with Crippen molar-refractivity contribution in [3.05, 3.63) is 66.2 Å². The van der Waals surface area contributed by atoms with E-state index in [0.717, 1.165) is 23.6 Å². The monoisotopic (exact) mass is 281 g/mol. The molecule has 21 heavy (non-hydrogen) atoms. The van der Waals surface area contributed by atoms with Crippen LogP contribution in [0.1, 0.15) is 24.4 Å². The zero-order valence-electron chi connectivity index (χ0n) is 12.3. The molecular weight excluding hydrogens is 262 g/mol. The molecule has 0 fully saturated rings. The number of nitrogens with one attached hydrogen (secondary N) is 1. The van der Waals surface area contributed by atoms with Gasteiger partial charge in [-0.15, -0.1) is 0 Å². The van der Waals surface area contributed by atoms with Gasteiger partial charge in [0.15, 0.2) is 0 Å². The van der Waals surface area contributed by atoms with Crippen molar-refractivity contribution < 1.29 is 0 Å². The summed E-state index contributed by atoms with van der Waals surface area (Å²) in [5.41, 5.74) is 3.13. The van der Waals surface area contributed by atoms with Crippen LogP contribution in [-0.4, -0.2) is 26.1 Å². The Morgan fingerprint density at radius 1 is 1.14 bits per heavy atom. The third-order valence-electron chi connectivity index (χ3n) is 3.41. The maximum Gasteiger partial charge on any atom is 0.0945 e. The Morgan fingerprint density at radius 3 is 2.62 bits per heavy atom. The van der Waals surface area contributed by atoms with Crippen LogP contribution in [0.2, 0.25) is 0 Å². The number of aromatic nitrogens is 4. The van der Waals surface area contributed by atoms with Crippen molar-refractivity contribution in [3.63, 3.8) is 0 Å². The van der Waals surface area contributed by atoms with Crippen molar-refractivity contribution in [3.8, 4) is 5.69 Å². The Hall–Kier alpha value is -2.40. The summed E-state index contributed by atoms with van der Waals surface area (Å²) in [6.07, 6.45) is 3.79. The van der Waals surface area contributed by atoms with Crippen molar-refractivity contribution in [2.24, 2.45) is 7.05 Å². The predicted octanol–water partition coefficient (Wildman–Crippen LogP) is 2.30. The molecular formula is C16H19N5. The molecule has 2 heterocycles. The molecule has 0 radical (unpaired) electrons. The minimum atomic E-state index is 0.0268. The standard InChI is InChI=1S/C16H19N5/c1-3-17-16(14-10-12-20(2)19-14)15-9-11-18-21(15)13-7-5-4-6-8-13/h4-12,16-17H,3H2,1-2H3. The molecule has 0 aliphatic heterocycles. The van der Waals surface area contributed by atoms with Gasteiger partial charge >= 0.3 is 0 Å². The van der Waals surface area contributed by atoms with Crippen LogP contribution >= 0.6 is 0 Å². The molecule has 2 aromatic heterocycles. The highest BCUT2D eigenvalue weighted by Gasteiger charge is 2.20. The van der Waals surface area contributed by atoms with Crippen LogP contribution in [0.4, 0.5) is 0 Å². The SMILES string of the molecule is CCNC(c1ccn(C)n1)c1ccnn1-c1ccccc1. The first-order valence-electron chi connectivity index (χ1n) is 7.12. The van der Waals surface area contributed by atoms with Crippen molar-refractivity contribution in [2.45, 2.75) is 13.0 Å². The number of aryl methyl sites for hydroxylation is 1. The van der Waals surface area contributed by atoms with Crippen LogP contribution in [0.5, 0.6) is 0 Å². The summed E-state index contributed by atoms with van der Waals surface area (Å²) < 4.78 is 3.78. The van der Waals surface area contributed by atoms with Gasteiger partial charge in [0.05, 0.1) is 23.1 Å². The maximum atomic E-state index is 4.53.